The maximum atomic E-state index is 10.5. The fraction of sp³-hybridized carbons (Fsp3) is 0.727. The first-order valence-electron chi connectivity index (χ1n) is 10.4. The van der Waals surface area contributed by atoms with E-state index in [1.807, 2.05) is 0 Å². The lowest BCUT2D eigenvalue weighted by atomic mass is 9.97. The second-order valence-corrected chi connectivity index (χ2v) is 7.41. The molecule has 2 aliphatic heterocycles. The molecule has 0 aliphatic carbocycles. The van der Waals surface area contributed by atoms with Crippen LogP contribution in [0.4, 0.5) is 0 Å². The summed E-state index contributed by atoms with van der Waals surface area (Å²) in [5.41, 5.74) is 0. The SMILES string of the molecule is CC#CC#CC#CCCCO[C@@H]1O[C@H](CO)[C@@H](O)[C@H](O)[C@H]1O[C@@H]1O[C@H](CO)[C@@H](O)[C@H](O)[C@H]1O. The maximum absolute atomic E-state index is 10.5. The highest BCUT2D eigenvalue weighted by atomic mass is 16.8. The molecule has 2 heterocycles. The minimum atomic E-state index is -1.72. The van der Waals surface area contributed by atoms with Gasteiger partial charge in [0.2, 0.25) is 0 Å². The van der Waals surface area contributed by atoms with E-state index in [2.05, 4.69) is 35.5 Å². The smallest absolute Gasteiger partial charge is 0.187 e. The van der Waals surface area contributed by atoms with E-state index in [1.54, 1.807) is 6.92 Å². The normalized spacial score (nSPS) is 38.2. The fourth-order valence-corrected chi connectivity index (χ4v) is 3.26. The second kappa shape index (κ2) is 13.8. The van der Waals surface area contributed by atoms with Crippen LogP contribution in [-0.4, -0.2) is 117 Å². The molecule has 10 atom stereocenters. The molecule has 0 saturated carbocycles. The maximum Gasteiger partial charge on any atom is 0.187 e. The molecule has 11 heteroatoms. The molecule has 0 aromatic rings. The van der Waals surface area contributed by atoms with Crippen molar-refractivity contribution in [2.24, 2.45) is 0 Å². The Hall–Kier alpha value is -1.76. The third-order valence-electron chi connectivity index (χ3n) is 5.09. The van der Waals surface area contributed by atoms with Crippen molar-refractivity contribution in [3.8, 4) is 35.5 Å². The molecular weight excluding hydrogens is 440 g/mol. The summed E-state index contributed by atoms with van der Waals surface area (Å²) < 4.78 is 22.0. The zero-order valence-electron chi connectivity index (χ0n) is 18.1. The Balaban J connectivity index is 2.02. The lowest BCUT2D eigenvalue weighted by Crippen LogP contribution is -2.64. The summed E-state index contributed by atoms with van der Waals surface area (Å²) in [6.07, 6.45) is -13.9. The number of unbranched alkanes of at least 4 members (excludes halogenated alkanes) is 1. The summed E-state index contributed by atoms with van der Waals surface area (Å²) in [6, 6.07) is 0. The average Bonchev–Trinajstić information content (AvgIpc) is 2.82. The van der Waals surface area contributed by atoms with Gasteiger partial charge in [0, 0.05) is 6.42 Å². The molecule has 184 valence electrons. The predicted molar refractivity (Wildman–Crippen MR) is 111 cm³/mol. The van der Waals surface area contributed by atoms with Gasteiger partial charge < -0.3 is 54.7 Å². The molecule has 2 fully saturated rings. The number of aliphatic hydroxyl groups excluding tert-OH is 7. The van der Waals surface area contributed by atoms with Crippen molar-refractivity contribution in [2.75, 3.05) is 19.8 Å². The first kappa shape index (κ1) is 27.5. The highest BCUT2D eigenvalue weighted by Gasteiger charge is 2.50. The minimum Gasteiger partial charge on any atom is -0.394 e. The van der Waals surface area contributed by atoms with Gasteiger partial charge in [-0.05, 0) is 37.0 Å². The van der Waals surface area contributed by atoms with Gasteiger partial charge in [-0.15, -0.1) is 0 Å². The van der Waals surface area contributed by atoms with Crippen molar-refractivity contribution >= 4 is 0 Å². The van der Waals surface area contributed by atoms with Gasteiger partial charge in [0.15, 0.2) is 12.6 Å². The topological polar surface area (TPSA) is 179 Å². The van der Waals surface area contributed by atoms with Crippen molar-refractivity contribution in [1.29, 1.82) is 0 Å². The lowest BCUT2D eigenvalue weighted by molar-refractivity contribution is -0.367. The molecule has 2 rings (SSSR count). The Morgan fingerprint density at radius 1 is 0.727 bits per heavy atom. The van der Waals surface area contributed by atoms with Crippen LogP contribution >= 0.6 is 0 Å². The Kier molecular flexibility index (Phi) is 11.5. The number of hydrogen-bond donors (Lipinski definition) is 7. The van der Waals surface area contributed by atoms with Crippen molar-refractivity contribution in [2.45, 2.75) is 81.2 Å². The van der Waals surface area contributed by atoms with Crippen LogP contribution in [0.25, 0.3) is 0 Å². The summed E-state index contributed by atoms with van der Waals surface area (Å²) in [4.78, 5) is 0. The minimum absolute atomic E-state index is 0.108. The number of ether oxygens (including phenoxy) is 4. The van der Waals surface area contributed by atoms with Crippen molar-refractivity contribution < 1.29 is 54.7 Å². The largest absolute Gasteiger partial charge is 0.394 e. The summed E-state index contributed by atoms with van der Waals surface area (Å²) >= 11 is 0. The van der Waals surface area contributed by atoms with Gasteiger partial charge in [-0.3, -0.25) is 0 Å². The molecule has 0 aromatic heterocycles. The molecular formula is C22H30O11. The summed E-state index contributed by atoms with van der Waals surface area (Å²) in [5, 5.41) is 69.5. The molecule has 0 spiro atoms. The van der Waals surface area contributed by atoms with E-state index >= 15 is 0 Å². The molecule has 0 radical (unpaired) electrons. The Bertz CT molecular complexity index is 783. The average molecular weight is 470 g/mol. The van der Waals surface area contributed by atoms with E-state index in [0.29, 0.717) is 12.8 Å². The summed E-state index contributed by atoms with van der Waals surface area (Å²) in [6.45, 7) is 0.505. The number of hydrogen-bond acceptors (Lipinski definition) is 11. The lowest BCUT2D eigenvalue weighted by Gasteiger charge is -2.45. The number of aliphatic hydroxyl groups is 7. The van der Waals surface area contributed by atoms with Crippen LogP contribution in [-0.2, 0) is 18.9 Å². The standard InChI is InChI=1S/C22H30O11/c1-2-3-4-5-6-7-8-9-10-30-22-20(18(28)16(26)14(12-24)32-22)33-21-19(29)17(27)15(25)13(11-23)31-21/h13-29H,8-12H2,1H3/t13-,14-,15-,16-,17+,18+,19-,20-,21+,22-/m1/s1. The quantitative estimate of drug-likeness (QED) is 0.138. The molecule has 11 nitrogen and oxygen atoms in total. The van der Waals surface area contributed by atoms with Crippen LogP contribution in [0.15, 0.2) is 0 Å². The van der Waals surface area contributed by atoms with E-state index in [9.17, 15) is 35.7 Å². The van der Waals surface area contributed by atoms with Gasteiger partial charge in [-0.25, -0.2) is 0 Å². The van der Waals surface area contributed by atoms with Crippen LogP contribution in [0.5, 0.6) is 0 Å². The molecule has 0 aromatic carbocycles. The van der Waals surface area contributed by atoms with Gasteiger partial charge in [0.25, 0.3) is 0 Å². The van der Waals surface area contributed by atoms with Gasteiger partial charge in [-0.1, -0.05) is 11.8 Å². The van der Waals surface area contributed by atoms with Crippen LogP contribution in [0.3, 0.4) is 0 Å². The van der Waals surface area contributed by atoms with Crippen molar-refractivity contribution in [3.63, 3.8) is 0 Å². The predicted octanol–water partition coefficient (Wildman–Crippen LogP) is -3.56. The third kappa shape index (κ3) is 7.36. The summed E-state index contributed by atoms with van der Waals surface area (Å²) in [5.74, 6) is 15.8. The highest BCUT2D eigenvalue weighted by Crippen LogP contribution is 2.29. The molecule has 0 amide bonds. The fourth-order valence-electron chi connectivity index (χ4n) is 3.26. The van der Waals surface area contributed by atoms with Gasteiger partial charge >= 0.3 is 0 Å². The molecule has 2 saturated heterocycles. The van der Waals surface area contributed by atoms with Gasteiger partial charge in [-0.2, -0.15) is 0 Å². The van der Waals surface area contributed by atoms with Crippen LogP contribution in [0.1, 0.15) is 19.8 Å². The van der Waals surface area contributed by atoms with Crippen molar-refractivity contribution in [1.82, 2.24) is 0 Å². The van der Waals surface area contributed by atoms with E-state index < -0.39 is 74.6 Å². The van der Waals surface area contributed by atoms with Crippen LogP contribution in [0.2, 0.25) is 0 Å². The monoisotopic (exact) mass is 470 g/mol. The van der Waals surface area contributed by atoms with Crippen LogP contribution in [0, 0.1) is 35.5 Å². The summed E-state index contributed by atoms with van der Waals surface area (Å²) in [7, 11) is 0. The third-order valence-corrected chi connectivity index (χ3v) is 5.09. The molecule has 0 bridgehead atoms. The zero-order chi connectivity index (χ0) is 24.4. The first-order chi connectivity index (χ1) is 15.8. The Labute approximate surface area is 191 Å². The van der Waals surface area contributed by atoms with Crippen molar-refractivity contribution in [3.05, 3.63) is 0 Å². The molecule has 7 N–H and O–H groups in total. The molecule has 2 aliphatic rings. The first-order valence-corrected chi connectivity index (χ1v) is 10.4. The number of rotatable bonds is 8. The van der Waals surface area contributed by atoms with E-state index in [1.165, 1.54) is 0 Å². The Morgan fingerprint density at radius 2 is 1.33 bits per heavy atom. The van der Waals surface area contributed by atoms with Crippen LogP contribution < -0.4 is 0 Å². The van der Waals surface area contributed by atoms with Gasteiger partial charge in [0.05, 0.1) is 19.8 Å². The second-order valence-electron chi connectivity index (χ2n) is 7.41. The highest BCUT2D eigenvalue weighted by molar-refractivity contribution is 5.35. The molecule has 0 unspecified atom stereocenters. The van der Waals surface area contributed by atoms with E-state index in [0.717, 1.165) is 0 Å². The van der Waals surface area contributed by atoms with Gasteiger partial charge in [0.1, 0.15) is 48.8 Å². The van der Waals surface area contributed by atoms with E-state index in [-0.39, 0.29) is 6.61 Å². The van der Waals surface area contributed by atoms with E-state index in [4.69, 9.17) is 18.9 Å². The molecule has 33 heavy (non-hydrogen) atoms. The Morgan fingerprint density at radius 3 is 1.97 bits per heavy atom. The zero-order valence-corrected chi connectivity index (χ0v) is 18.1.